The second-order valence-electron chi connectivity index (χ2n) is 3.28. The van der Waals surface area contributed by atoms with E-state index in [-0.39, 0.29) is 6.10 Å². The molecule has 1 unspecified atom stereocenters. The Morgan fingerprint density at radius 1 is 1.77 bits per heavy atom. The van der Waals surface area contributed by atoms with Crippen molar-refractivity contribution < 1.29 is 5.11 Å². The number of aromatic nitrogens is 2. The maximum Gasteiger partial charge on any atom is 0.0629 e. The van der Waals surface area contributed by atoms with Gasteiger partial charge in [-0.3, -0.25) is 4.68 Å². The Morgan fingerprint density at radius 2 is 2.46 bits per heavy atom. The van der Waals surface area contributed by atoms with Crippen molar-refractivity contribution in [1.29, 1.82) is 0 Å². The van der Waals surface area contributed by atoms with Crippen LogP contribution in [0.5, 0.6) is 0 Å². The molecule has 72 valence electrons. The smallest absolute Gasteiger partial charge is 0.0629 e. The van der Waals surface area contributed by atoms with Crippen LogP contribution in [0, 0.1) is 6.92 Å². The molecule has 0 aliphatic heterocycles. The Morgan fingerprint density at radius 3 is 2.92 bits per heavy atom. The van der Waals surface area contributed by atoms with Gasteiger partial charge in [-0.25, -0.2) is 0 Å². The summed E-state index contributed by atoms with van der Waals surface area (Å²) in [6.07, 6.45) is 2.66. The first kappa shape index (κ1) is 9.99. The maximum atomic E-state index is 9.52. The number of rotatable bonds is 4. The van der Waals surface area contributed by atoms with Crippen LogP contribution in [-0.2, 0) is 13.5 Å². The summed E-state index contributed by atoms with van der Waals surface area (Å²) >= 11 is 0. The van der Waals surface area contributed by atoms with Crippen LogP contribution in [0.2, 0.25) is 0 Å². The Balaban J connectivity index is 2.62. The average Bonchev–Trinajstić information content (AvgIpc) is 2.30. The standard InChI is InChI=1S/C10H16N2O/c1-4-5-10(13)7-9-6-8(2)11-12(9)3/h4,6,10,13H,1,5,7H2,2-3H3. The van der Waals surface area contributed by atoms with Gasteiger partial charge < -0.3 is 5.11 Å². The maximum absolute atomic E-state index is 9.52. The third-order valence-corrected chi connectivity index (χ3v) is 1.98. The van der Waals surface area contributed by atoms with Crippen molar-refractivity contribution in [2.45, 2.75) is 25.9 Å². The summed E-state index contributed by atoms with van der Waals surface area (Å²) in [6, 6.07) is 1.99. The normalized spacial score (nSPS) is 12.8. The van der Waals surface area contributed by atoms with E-state index in [0.29, 0.717) is 12.8 Å². The van der Waals surface area contributed by atoms with Gasteiger partial charge in [0.15, 0.2) is 0 Å². The fourth-order valence-corrected chi connectivity index (χ4v) is 1.37. The molecule has 0 spiro atoms. The van der Waals surface area contributed by atoms with Gasteiger partial charge in [0.25, 0.3) is 0 Å². The van der Waals surface area contributed by atoms with E-state index in [1.165, 1.54) is 0 Å². The molecule has 1 heterocycles. The third kappa shape index (κ3) is 2.70. The summed E-state index contributed by atoms with van der Waals surface area (Å²) in [6.45, 7) is 5.54. The summed E-state index contributed by atoms with van der Waals surface area (Å²) in [7, 11) is 1.89. The molecule has 1 aromatic rings. The minimum atomic E-state index is -0.340. The predicted molar refractivity (Wildman–Crippen MR) is 52.5 cm³/mol. The van der Waals surface area contributed by atoms with Gasteiger partial charge in [0.05, 0.1) is 11.8 Å². The quantitative estimate of drug-likeness (QED) is 0.707. The zero-order chi connectivity index (χ0) is 9.84. The molecule has 1 atom stereocenters. The Labute approximate surface area is 78.7 Å². The van der Waals surface area contributed by atoms with Crippen molar-refractivity contribution in [3.63, 3.8) is 0 Å². The second-order valence-corrected chi connectivity index (χ2v) is 3.28. The number of hydrogen-bond donors (Lipinski definition) is 1. The molecular weight excluding hydrogens is 164 g/mol. The minimum absolute atomic E-state index is 0.340. The molecule has 0 aliphatic carbocycles. The van der Waals surface area contributed by atoms with Crippen LogP contribution in [0.4, 0.5) is 0 Å². The van der Waals surface area contributed by atoms with Crippen LogP contribution in [-0.4, -0.2) is 21.0 Å². The van der Waals surface area contributed by atoms with Gasteiger partial charge in [-0.1, -0.05) is 6.08 Å². The van der Waals surface area contributed by atoms with Crippen LogP contribution in [0.1, 0.15) is 17.8 Å². The molecule has 0 aromatic carbocycles. The molecule has 0 bridgehead atoms. The third-order valence-electron chi connectivity index (χ3n) is 1.98. The van der Waals surface area contributed by atoms with Gasteiger partial charge in [0.2, 0.25) is 0 Å². The van der Waals surface area contributed by atoms with E-state index in [9.17, 15) is 5.11 Å². The highest BCUT2D eigenvalue weighted by atomic mass is 16.3. The lowest BCUT2D eigenvalue weighted by molar-refractivity contribution is 0.176. The van der Waals surface area contributed by atoms with Crippen molar-refractivity contribution in [2.75, 3.05) is 0 Å². The van der Waals surface area contributed by atoms with E-state index in [4.69, 9.17) is 0 Å². The van der Waals surface area contributed by atoms with E-state index in [0.717, 1.165) is 11.4 Å². The zero-order valence-corrected chi connectivity index (χ0v) is 8.20. The highest BCUT2D eigenvalue weighted by Gasteiger charge is 2.07. The van der Waals surface area contributed by atoms with Crippen LogP contribution < -0.4 is 0 Å². The van der Waals surface area contributed by atoms with Gasteiger partial charge in [-0.05, 0) is 19.4 Å². The summed E-state index contributed by atoms with van der Waals surface area (Å²) in [5.41, 5.74) is 2.05. The first-order valence-corrected chi connectivity index (χ1v) is 4.42. The number of aliphatic hydroxyl groups excluding tert-OH is 1. The van der Waals surface area contributed by atoms with Crippen molar-refractivity contribution in [3.05, 3.63) is 30.1 Å². The van der Waals surface area contributed by atoms with E-state index in [1.54, 1.807) is 6.08 Å². The van der Waals surface area contributed by atoms with E-state index in [1.807, 2.05) is 24.7 Å². The molecule has 0 amide bonds. The molecule has 3 nitrogen and oxygen atoms in total. The Bertz CT molecular complexity index is 291. The van der Waals surface area contributed by atoms with Crippen molar-refractivity contribution in [2.24, 2.45) is 7.05 Å². The molecule has 1 aromatic heterocycles. The van der Waals surface area contributed by atoms with Crippen molar-refractivity contribution in [3.8, 4) is 0 Å². The lowest BCUT2D eigenvalue weighted by Crippen LogP contribution is -2.12. The predicted octanol–water partition coefficient (Wildman–Crippen LogP) is 1.21. The SMILES string of the molecule is C=CCC(O)Cc1cc(C)nn1C. The van der Waals surface area contributed by atoms with Gasteiger partial charge >= 0.3 is 0 Å². The zero-order valence-electron chi connectivity index (χ0n) is 8.20. The minimum Gasteiger partial charge on any atom is -0.392 e. The lowest BCUT2D eigenvalue weighted by atomic mass is 10.1. The molecule has 0 aliphatic rings. The second kappa shape index (κ2) is 4.23. The molecule has 1 N–H and O–H groups in total. The van der Waals surface area contributed by atoms with Crippen LogP contribution in [0.25, 0.3) is 0 Å². The Kier molecular flexibility index (Phi) is 3.25. The van der Waals surface area contributed by atoms with E-state index in [2.05, 4.69) is 11.7 Å². The van der Waals surface area contributed by atoms with E-state index >= 15 is 0 Å². The number of hydrogen-bond acceptors (Lipinski definition) is 2. The topological polar surface area (TPSA) is 38.1 Å². The summed E-state index contributed by atoms with van der Waals surface area (Å²) in [4.78, 5) is 0. The average molecular weight is 180 g/mol. The van der Waals surface area contributed by atoms with Crippen LogP contribution in [0.3, 0.4) is 0 Å². The Hall–Kier alpha value is -1.09. The summed E-state index contributed by atoms with van der Waals surface area (Å²) < 4.78 is 1.81. The van der Waals surface area contributed by atoms with Crippen molar-refractivity contribution in [1.82, 2.24) is 9.78 Å². The van der Waals surface area contributed by atoms with Crippen LogP contribution >= 0.6 is 0 Å². The molecule has 0 fully saturated rings. The fourth-order valence-electron chi connectivity index (χ4n) is 1.37. The van der Waals surface area contributed by atoms with E-state index < -0.39 is 0 Å². The number of nitrogens with zero attached hydrogens (tertiary/aromatic N) is 2. The fraction of sp³-hybridized carbons (Fsp3) is 0.500. The molecule has 13 heavy (non-hydrogen) atoms. The summed E-state index contributed by atoms with van der Waals surface area (Å²) in [5, 5.41) is 13.7. The monoisotopic (exact) mass is 180 g/mol. The van der Waals surface area contributed by atoms with Crippen LogP contribution in [0.15, 0.2) is 18.7 Å². The molecule has 3 heteroatoms. The first-order valence-electron chi connectivity index (χ1n) is 4.42. The van der Waals surface area contributed by atoms with Gasteiger partial charge in [0, 0.05) is 19.2 Å². The molecule has 1 rings (SSSR count). The first-order chi connectivity index (χ1) is 6.13. The lowest BCUT2D eigenvalue weighted by Gasteiger charge is -2.07. The van der Waals surface area contributed by atoms with Gasteiger partial charge in [-0.2, -0.15) is 5.10 Å². The number of aliphatic hydroxyl groups is 1. The number of aryl methyl sites for hydroxylation is 2. The highest BCUT2D eigenvalue weighted by molar-refractivity contribution is 5.09. The summed E-state index contributed by atoms with van der Waals surface area (Å²) in [5.74, 6) is 0. The molecule has 0 saturated carbocycles. The highest BCUT2D eigenvalue weighted by Crippen LogP contribution is 2.07. The molecule has 0 saturated heterocycles. The van der Waals surface area contributed by atoms with Gasteiger partial charge in [0.1, 0.15) is 0 Å². The molecule has 0 radical (unpaired) electrons. The molecular formula is C10H16N2O. The van der Waals surface area contributed by atoms with Gasteiger partial charge in [-0.15, -0.1) is 6.58 Å². The van der Waals surface area contributed by atoms with Crippen molar-refractivity contribution >= 4 is 0 Å². The largest absolute Gasteiger partial charge is 0.392 e.